The normalized spacial score (nSPS) is 15.9. The second-order valence-corrected chi connectivity index (χ2v) is 5.41. The third-order valence-electron chi connectivity index (χ3n) is 3.72. The third-order valence-corrected chi connectivity index (χ3v) is 3.95. The van der Waals surface area contributed by atoms with Crippen molar-refractivity contribution in [3.05, 3.63) is 47.1 Å². The van der Waals surface area contributed by atoms with Crippen LogP contribution in [0, 0.1) is 0 Å². The van der Waals surface area contributed by atoms with E-state index in [4.69, 9.17) is 11.6 Å². The Morgan fingerprint density at radius 3 is 3.06 bits per heavy atom. The van der Waals surface area contributed by atoms with Crippen molar-refractivity contribution >= 4 is 22.5 Å². The van der Waals surface area contributed by atoms with Crippen molar-refractivity contribution in [2.45, 2.75) is 19.5 Å². The Morgan fingerprint density at radius 2 is 2.28 bits per heavy atom. The average molecular weight is 261 g/mol. The van der Waals surface area contributed by atoms with Gasteiger partial charge in [0.15, 0.2) is 0 Å². The number of hydrogen-bond acceptors (Lipinski definition) is 1. The highest BCUT2D eigenvalue weighted by Crippen LogP contribution is 2.32. The number of aromatic nitrogens is 1. The van der Waals surface area contributed by atoms with Crippen molar-refractivity contribution in [3.8, 4) is 0 Å². The van der Waals surface area contributed by atoms with E-state index in [0.717, 1.165) is 31.1 Å². The van der Waals surface area contributed by atoms with Gasteiger partial charge in [0.05, 0.1) is 0 Å². The molecule has 2 aromatic rings. The Kier molecular flexibility index (Phi) is 2.92. The summed E-state index contributed by atoms with van der Waals surface area (Å²) in [5.41, 5.74) is 4.16. The molecule has 0 saturated heterocycles. The number of hydrogen-bond donors (Lipinski definition) is 0. The zero-order chi connectivity index (χ0) is 12.7. The van der Waals surface area contributed by atoms with E-state index in [1.165, 1.54) is 22.2 Å². The zero-order valence-electron chi connectivity index (χ0n) is 10.6. The number of nitrogens with zero attached hydrogens (tertiary/aromatic N) is 2. The van der Waals surface area contributed by atoms with E-state index in [2.05, 4.69) is 35.2 Å². The van der Waals surface area contributed by atoms with Crippen LogP contribution < -0.4 is 0 Å². The van der Waals surface area contributed by atoms with Gasteiger partial charge in [-0.15, -0.1) is 6.58 Å². The van der Waals surface area contributed by atoms with E-state index in [9.17, 15) is 0 Å². The molecule has 1 aromatic carbocycles. The highest BCUT2D eigenvalue weighted by molar-refractivity contribution is 6.31. The summed E-state index contributed by atoms with van der Waals surface area (Å²) in [6, 6.07) is 6.19. The van der Waals surface area contributed by atoms with Crippen molar-refractivity contribution in [2.24, 2.45) is 0 Å². The molecule has 3 rings (SSSR count). The van der Waals surface area contributed by atoms with Crippen LogP contribution in [0.5, 0.6) is 0 Å². The summed E-state index contributed by atoms with van der Waals surface area (Å²) in [4.78, 5) is 2.36. The Labute approximate surface area is 112 Å². The summed E-state index contributed by atoms with van der Waals surface area (Å²) < 4.78 is 2.38. The summed E-state index contributed by atoms with van der Waals surface area (Å²) in [6.07, 6.45) is 3.07. The Balaban J connectivity index is 2.29. The van der Waals surface area contributed by atoms with Crippen molar-refractivity contribution in [2.75, 3.05) is 13.6 Å². The predicted octanol–water partition coefficient (Wildman–Crippen LogP) is 3.47. The molecule has 3 heteroatoms. The van der Waals surface area contributed by atoms with Crippen LogP contribution in [-0.4, -0.2) is 23.1 Å². The highest BCUT2D eigenvalue weighted by Gasteiger charge is 2.21. The number of halogens is 1. The maximum Gasteiger partial charge on any atom is 0.0489 e. The van der Waals surface area contributed by atoms with Gasteiger partial charge in [-0.1, -0.05) is 17.7 Å². The second kappa shape index (κ2) is 4.45. The first kappa shape index (κ1) is 11.8. The predicted molar refractivity (Wildman–Crippen MR) is 77.2 cm³/mol. The summed E-state index contributed by atoms with van der Waals surface area (Å²) in [5.74, 6) is 0. The van der Waals surface area contributed by atoms with Crippen LogP contribution in [0.15, 0.2) is 30.9 Å². The molecule has 94 valence electrons. The number of rotatable bonds is 2. The van der Waals surface area contributed by atoms with Gasteiger partial charge in [-0.25, -0.2) is 0 Å². The number of likely N-dealkylation sites (N-methyl/N-ethyl adjacent to an activating group) is 1. The van der Waals surface area contributed by atoms with Crippen molar-refractivity contribution in [3.63, 3.8) is 0 Å². The molecule has 18 heavy (non-hydrogen) atoms. The van der Waals surface area contributed by atoms with Crippen LogP contribution in [0.4, 0.5) is 0 Å². The molecule has 0 bridgehead atoms. The van der Waals surface area contributed by atoms with E-state index in [1.807, 2.05) is 12.1 Å². The molecule has 0 saturated carbocycles. The van der Waals surface area contributed by atoms with Crippen LogP contribution in [0.2, 0.25) is 5.02 Å². The minimum Gasteiger partial charge on any atom is -0.340 e. The van der Waals surface area contributed by atoms with Crippen molar-refractivity contribution < 1.29 is 0 Å². The van der Waals surface area contributed by atoms with Crippen LogP contribution in [0.3, 0.4) is 0 Å². The van der Waals surface area contributed by atoms with Crippen LogP contribution in [0.25, 0.3) is 10.9 Å². The molecule has 0 radical (unpaired) electrons. The lowest BCUT2D eigenvalue weighted by atomic mass is 10.1. The number of benzene rings is 1. The number of allylic oxidation sites excluding steroid dienone is 1. The maximum absolute atomic E-state index is 6.14. The smallest absolute Gasteiger partial charge is 0.0489 e. The topological polar surface area (TPSA) is 8.17 Å². The molecule has 0 atom stereocenters. The van der Waals surface area contributed by atoms with Gasteiger partial charge in [-0.3, -0.25) is 0 Å². The van der Waals surface area contributed by atoms with Gasteiger partial charge in [0.2, 0.25) is 0 Å². The van der Waals surface area contributed by atoms with E-state index in [1.54, 1.807) is 0 Å². The van der Waals surface area contributed by atoms with Gasteiger partial charge in [0.1, 0.15) is 0 Å². The van der Waals surface area contributed by atoms with E-state index < -0.39 is 0 Å². The molecule has 0 unspecified atom stereocenters. The molecule has 1 aliphatic heterocycles. The SMILES string of the molecule is C=CCn1c2c(c3cc(Cl)ccc31)CN(C)CC2. The van der Waals surface area contributed by atoms with Crippen molar-refractivity contribution in [1.82, 2.24) is 9.47 Å². The Hall–Kier alpha value is -1.25. The fraction of sp³-hybridized carbons (Fsp3) is 0.333. The Morgan fingerprint density at radius 1 is 1.44 bits per heavy atom. The molecule has 0 N–H and O–H groups in total. The summed E-state index contributed by atoms with van der Waals surface area (Å²) in [6.45, 7) is 6.87. The summed E-state index contributed by atoms with van der Waals surface area (Å²) in [5, 5.41) is 2.11. The molecule has 1 aromatic heterocycles. The Bertz CT molecular complexity index is 612. The van der Waals surface area contributed by atoms with Crippen LogP contribution in [-0.2, 0) is 19.5 Å². The second-order valence-electron chi connectivity index (χ2n) is 4.97. The lowest BCUT2D eigenvalue weighted by Crippen LogP contribution is -2.27. The fourth-order valence-electron chi connectivity index (χ4n) is 2.89. The van der Waals surface area contributed by atoms with Gasteiger partial charge in [-0.2, -0.15) is 0 Å². The summed E-state index contributed by atoms with van der Waals surface area (Å²) in [7, 11) is 2.17. The monoisotopic (exact) mass is 260 g/mol. The minimum atomic E-state index is 0.814. The van der Waals surface area contributed by atoms with Gasteiger partial charge < -0.3 is 9.47 Å². The standard InChI is InChI=1S/C15H17ClN2/c1-3-7-18-14-5-4-11(16)9-12(14)13-10-17(2)8-6-15(13)18/h3-5,9H,1,6-8,10H2,2H3. The van der Waals surface area contributed by atoms with Crippen molar-refractivity contribution in [1.29, 1.82) is 0 Å². The van der Waals surface area contributed by atoms with E-state index in [-0.39, 0.29) is 0 Å². The zero-order valence-corrected chi connectivity index (χ0v) is 11.4. The van der Waals surface area contributed by atoms with Crippen LogP contribution >= 0.6 is 11.6 Å². The first-order chi connectivity index (χ1) is 8.70. The largest absolute Gasteiger partial charge is 0.340 e. The number of fused-ring (bicyclic) bond motifs is 3. The van der Waals surface area contributed by atoms with Crippen LogP contribution in [0.1, 0.15) is 11.3 Å². The lowest BCUT2D eigenvalue weighted by molar-refractivity contribution is 0.310. The first-order valence-corrected chi connectivity index (χ1v) is 6.67. The molecule has 0 fully saturated rings. The molecule has 2 heterocycles. The minimum absolute atomic E-state index is 0.814. The molecule has 0 amide bonds. The molecule has 0 aliphatic carbocycles. The fourth-order valence-corrected chi connectivity index (χ4v) is 3.07. The van der Waals surface area contributed by atoms with Gasteiger partial charge in [0, 0.05) is 47.7 Å². The third kappa shape index (κ3) is 1.76. The van der Waals surface area contributed by atoms with Gasteiger partial charge in [0.25, 0.3) is 0 Å². The van der Waals surface area contributed by atoms with E-state index >= 15 is 0 Å². The van der Waals surface area contributed by atoms with Gasteiger partial charge >= 0.3 is 0 Å². The molecule has 1 aliphatic rings. The molecule has 0 spiro atoms. The molecular formula is C15H17ClN2. The quantitative estimate of drug-likeness (QED) is 0.751. The first-order valence-electron chi connectivity index (χ1n) is 6.29. The molecule has 2 nitrogen and oxygen atoms in total. The van der Waals surface area contributed by atoms with Gasteiger partial charge in [-0.05, 0) is 30.8 Å². The highest BCUT2D eigenvalue weighted by atomic mass is 35.5. The van der Waals surface area contributed by atoms with E-state index in [0.29, 0.717) is 0 Å². The summed E-state index contributed by atoms with van der Waals surface area (Å²) >= 11 is 6.14. The molecular weight excluding hydrogens is 244 g/mol. The average Bonchev–Trinajstić information content (AvgIpc) is 2.64. The maximum atomic E-state index is 6.14. The lowest BCUT2D eigenvalue weighted by Gasteiger charge is -2.24.